The van der Waals surface area contributed by atoms with Crippen LogP contribution in [0.15, 0.2) is 18.2 Å². The molecule has 0 bridgehead atoms. The fraction of sp³-hybridized carbons (Fsp3) is 0.250. The number of aromatic nitrogens is 3. The van der Waals surface area contributed by atoms with E-state index >= 15 is 0 Å². The first kappa shape index (κ1) is 16.2. The highest BCUT2D eigenvalue weighted by atomic mass is 35.5. The van der Waals surface area contributed by atoms with Crippen LogP contribution >= 0.6 is 11.6 Å². The topological polar surface area (TPSA) is 57.0 Å². The molecule has 0 N–H and O–H groups in total. The molecule has 0 saturated heterocycles. The Morgan fingerprint density at radius 1 is 1.32 bits per heavy atom. The number of nitrogens with zero attached hydrogens (tertiary/aromatic N) is 3. The maximum absolute atomic E-state index is 13.0. The normalized spacial score (nSPS) is 11.2. The highest BCUT2D eigenvalue weighted by Gasteiger charge is 2.22. The number of pyridine rings is 1. The molecule has 0 amide bonds. The third-order valence-corrected chi connectivity index (χ3v) is 2.78. The molecule has 118 valence electrons. The van der Waals surface area contributed by atoms with Crippen LogP contribution in [-0.2, 0) is 11.2 Å². The monoisotopic (exact) mass is 337 g/mol. The summed E-state index contributed by atoms with van der Waals surface area (Å²) in [5, 5.41) is 3.49. The third kappa shape index (κ3) is 3.53. The standard InChI is InChI=1S/C12H8ClF4N3O2/c13-8-2-1-6(3-4-21)11(18-8)20-7(10(14)15)5-9(19-20)22-12(16)17/h1-2,4-5,10,12H,3H2. The van der Waals surface area contributed by atoms with E-state index in [2.05, 4.69) is 14.8 Å². The molecule has 0 aliphatic carbocycles. The zero-order chi connectivity index (χ0) is 16.3. The molecule has 5 nitrogen and oxygen atoms in total. The average Bonchev–Trinajstić information content (AvgIpc) is 2.84. The summed E-state index contributed by atoms with van der Waals surface area (Å²) in [6, 6.07) is 3.44. The number of rotatable bonds is 6. The lowest BCUT2D eigenvalue weighted by molar-refractivity contribution is -0.107. The Kier molecular flexibility index (Phi) is 4.96. The van der Waals surface area contributed by atoms with Crippen LogP contribution in [0.5, 0.6) is 5.88 Å². The molecule has 0 unspecified atom stereocenters. The van der Waals surface area contributed by atoms with E-state index in [1.165, 1.54) is 12.1 Å². The van der Waals surface area contributed by atoms with Gasteiger partial charge in [0.15, 0.2) is 5.82 Å². The summed E-state index contributed by atoms with van der Waals surface area (Å²) in [6.07, 6.45) is -2.61. The van der Waals surface area contributed by atoms with Crippen LogP contribution in [-0.4, -0.2) is 27.7 Å². The second kappa shape index (κ2) is 6.73. The largest absolute Gasteiger partial charge is 0.415 e. The van der Waals surface area contributed by atoms with E-state index < -0.39 is 24.6 Å². The molecule has 22 heavy (non-hydrogen) atoms. The third-order valence-electron chi connectivity index (χ3n) is 2.57. The minimum atomic E-state index is -3.21. The minimum absolute atomic E-state index is 0.0308. The van der Waals surface area contributed by atoms with Crippen molar-refractivity contribution in [2.24, 2.45) is 0 Å². The predicted molar refractivity (Wildman–Crippen MR) is 67.7 cm³/mol. The molecular weight excluding hydrogens is 330 g/mol. The van der Waals surface area contributed by atoms with Crippen molar-refractivity contribution in [2.45, 2.75) is 19.5 Å². The summed E-state index contributed by atoms with van der Waals surface area (Å²) in [5.74, 6) is -0.844. The Bertz CT molecular complexity index is 678. The lowest BCUT2D eigenvalue weighted by Crippen LogP contribution is -2.09. The Morgan fingerprint density at radius 2 is 2.05 bits per heavy atom. The van der Waals surface area contributed by atoms with Gasteiger partial charge in [-0.2, -0.15) is 8.78 Å². The predicted octanol–water partition coefficient (Wildman–Crippen LogP) is 3.20. The van der Waals surface area contributed by atoms with Gasteiger partial charge in [0.05, 0.1) is 0 Å². The maximum atomic E-state index is 13.0. The quantitative estimate of drug-likeness (QED) is 0.461. The van der Waals surface area contributed by atoms with Crippen LogP contribution in [0.2, 0.25) is 5.15 Å². The molecule has 0 spiro atoms. The molecule has 2 rings (SSSR count). The Balaban J connectivity index is 2.57. The summed E-state index contributed by atoms with van der Waals surface area (Å²) < 4.78 is 55.1. The van der Waals surface area contributed by atoms with Crippen molar-refractivity contribution in [1.82, 2.24) is 14.8 Å². The first-order valence-corrected chi connectivity index (χ1v) is 6.22. The first-order valence-electron chi connectivity index (χ1n) is 5.84. The van der Waals surface area contributed by atoms with Gasteiger partial charge in [0.2, 0.25) is 5.88 Å². The zero-order valence-corrected chi connectivity index (χ0v) is 11.5. The molecule has 2 heterocycles. The van der Waals surface area contributed by atoms with Crippen LogP contribution in [0.1, 0.15) is 17.7 Å². The smallest absolute Gasteiger partial charge is 0.388 e. The number of hydrogen-bond donors (Lipinski definition) is 0. The number of alkyl halides is 4. The maximum Gasteiger partial charge on any atom is 0.388 e. The second-order valence-corrected chi connectivity index (χ2v) is 4.37. The average molecular weight is 338 g/mol. The van der Waals surface area contributed by atoms with E-state index in [1.807, 2.05) is 0 Å². The molecule has 2 aromatic heterocycles. The van der Waals surface area contributed by atoms with Crippen molar-refractivity contribution in [2.75, 3.05) is 0 Å². The molecule has 0 aromatic carbocycles. The SMILES string of the molecule is O=CCc1ccc(Cl)nc1-n1nc(OC(F)F)cc1C(F)F. The highest BCUT2D eigenvalue weighted by Crippen LogP contribution is 2.28. The van der Waals surface area contributed by atoms with Gasteiger partial charge in [-0.25, -0.2) is 18.4 Å². The van der Waals surface area contributed by atoms with E-state index in [0.29, 0.717) is 17.0 Å². The van der Waals surface area contributed by atoms with Crippen molar-refractivity contribution in [1.29, 1.82) is 0 Å². The van der Waals surface area contributed by atoms with Crippen LogP contribution in [0.25, 0.3) is 5.82 Å². The van der Waals surface area contributed by atoms with Gasteiger partial charge in [0.25, 0.3) is 6.43 Å². The summed E-state index contributed by atoms with van der Waals surface area (Å²) in [4.78, 5) is 14.5. The fourth-order valence-electron chi connectivity index (χ4n) is 1.73. The lowest BCUT2D eigenvalue weighted by Gasteiger charge is -2.09. The highest BCUT2D eigenvalue weighted by molar-refractivity contribution is 6.29. The van der Waals surface area contributed by atoms with Gasteiger partial charge in [0.1, 0.15) is 17.1 Å². The van der Waals surface area contributed by atoms with Gasteiger partial charge in [-0.1, -0.05) is 17.7 Å². The second-order valence-electron chi connectivity index (χ2n) is 3.99. The number of aldehydes is 1. The number of carbonyl (C=O) groups is 1. The van der Waals surface area contributed by atoms with Gasteiger partial charge in [-0.05, 0) is 6.07 Å². The van der Waals surface area contributed by atoms with E-state index in [1.54, 1.807) is 0 Å². The summed E-state index contributed by atoms with van der Waals surface area (Å²) >= 11 is 5.71. The van der Waals surface area contributed by atoms with Crippen LogP contribution in [0, 0.1) is 0 Å². The van der Waals surface area contributed by atoms with Gasteiger partial charge in [-0.3, -0.25) is 0 Å². The van der Waals surface area contributed by atoms with Crippen molar-refractivity contribution in [3.63, 3.8) is 0 Å². The lowest BCUT2D eigenvalue weighted by atomic mass is 10.2. The van der Waals surface area contributed by atoms with E-state index in [0.717, 1.165) is 0 Å². The van der Waals surface area contributed by atoms with E-state index in [9.17, 15) is 22.4 Å². The summed E-state index contributed by atoms with van der Waals surface area (Å²) in [5.41, 5.74) is -0.453. The molecule has 0 radical (unpaired) electrons. The number of halogens is 5. The van der Waals surface area contributed by atoms with Crippen LogP contribution < -0.4 is 4.74 Å². The Labute approximate surface area is 126 Å². The van der Waals surface area contributed by atoms with Gasteiger partial charge in [-0.15, -0.1) is 5.10 Å². The summed E-state index contributed by atoms with van der Waals surface area (Å²) in [6.45, 7) is -3.21. The van der Waals surface area contributed by atoms with E-state index in [-0.39, 0.29) is 23.0 Å². The number of hydrogen-bond acceptors (Lipinski definition) is 4. The van der Waals surface area contributed by atoms with Crippen molar-refractivity contribution in [3.8, 4) is 11.7 Å². The molecule has 0 aliphatic rings. The minimum Gasteiger partial charge on any atom is -0.415 e. The van der Waals surface area contributed by atoms with Gasteiger partial charge in [0, 0.05) is 18.1 Å². The van der Waals surface area contributed by atoms with Gasteiger partial charge >= 0.3 is 6.61 Å². The molecule has 10 heteroatoms. The van der Waals surface area contributed by atoms with Crippen LogP contribution in [0.3, 0.4) is 0 Å². The fourth-order valence-corrected chi connectivity index (χ4v) is 1.88. The first-order chi connectivity index (χ1) is 10.4. The van der Waals surface area contributed by atoms with Crippen LogP contribution in [0.4, 0.5) is 17.6 Å². The van der Waals surface area contributed by atoms with E-state index in [4.69, 9.17) is 11.6 Å². The number of ether oxygens (including phenoxy) is 1. The van der Waals surface area contributed by atoms with Gasteiger partial charge < -0.3 is 9.53 Å². The zero-order valence-electron chi connectivity index (χ0n) is 10.7. The Hall–Kier alpha value is -2.16. The van der Waals surface area contributed by atoms with Crippen molar-refractivity contribution in [3.05, 3.63) is 34.6 Å². The molecular formula is C12H8ClF4N3O2. The number of carbonyl (C=O) groups excluding carboxylic acids is 1. The summed E-state index contributed by atoms with van der Waals surface area (Å²) in [7, 11) is 0. The Morgan fingerprint density at radius 3 is 2.64 bits per heavy atom. The molecule has 0 saturated carbocycles. The molecule has 0 atom stereocenters. The van der Waals surface area contributed by atoms with Crippen molar-refractivity contribution >= 4 is 17.9 Å². The molecule has 0 fully saturated rings. The van der Waals surface area contributed by atoms with Crippen molar-refractivity contribution < 1.29 is 27.1 Å². The molecule has 2 aromatic rings. The molecule has 0 aliphatic heterocycles.